The van der Waals surface area contributed by atoms with Crippen molar-refractivity contribution < 1.29 is 85.6 Å². The van der Waals surface area contributed by atoms with Crippen molar-refractivity contribution in [1.82, 2.24) is 0 Å². The molecule has 1 aromatic carbocycles. The highest BCUT2D eigenvalue weighted by molar-refractivity contribution is 5.95. The number of hydrogen-bond donors (Lipinski definition) is 0. The van der Waals surface area contributed by atoms with Crippen molar-refractivity contribution in [3.05, 3.63) is 29.8 Å². The second kappa shape index (κ2) is 10.3. The van der Waals surface area contributed by atoms with Crippen LogP contribution in [0.1, 0.15) is 5.56 Å². The molecule has 0 amide bonds. The molecule has 0 saturated carbocycles. The third kappa shape index (κ3) is 6.00. The number of benzene rings is 1. The van der Waals surface area contributed by atoms with Crippen LogP contribution in [0.4, 0.5) is 57.1 Å². The number of alkyl halides is 13. The lowest BCUT2D eigenvalue weighted by Crippen LogP contribution is -2.65. The zero-order valence-corrected chi connectivity index (χ0v) is 18.1. The number of aliphatic imine (C=N–C) groups is 1. The molecule has 20 heteroatoms. The smallest absolute Gasteiger partial charge is 0.458 e. The fraction of sp³-hybridized carbons (Fsp3) is 0.556. The van der Waals surface area contributed by atoms with Gasteiger partial charge in [-0.2, -0.15) is 52.7 Å². The maximum Gasteiger partial charge on any atom is 0.458 e. The van der Waals surface area contributed by atoms with Crippen molar-refractivity contribution in [2.45, 2.75) is 42.6 Å². The zero-order chi connectivity index (χ0) is 29.4. The van der Waals surface area contributed by atoms with E-state index in [9.17, 15) is 61.9 Å². The Balaban J connectivity index is 2.28. The first-order valence-electron chi connectivity index (χ1n) is 9.45. The minimum atomic E-state index is -7.48. The molecule has 1 aliphatic rings. The summed E-state index contributed by atoms with van der Waals surface area (Å²) in [7, 11) is -0.00347. The number of rotatable bonds is 11. The van der Waals surface area contributed by atoms with E-state index in [4.69, 9.17) is 4.74 Å². The van der Waals surface area contributed by atoms with Crippen LogP contribution in [0.3, 0.4) is 0 Å². The molecule has 7 nitrogen and oxygen atoms in total. The summed E-state index contributed by atoms with van der Waals surface area (Å²) in [6.07, 6.45) is -32.5. The van der Waals surface area contributed by atoms with E-state index in [0.717, 1.165) is 12.1 Å². The maximum atomic E-state index is 14.2. The summed E-state index contributed by atoms with van der Waals surface area (Å²) in [6, 6.07) is 3.30. The Morgan fingerprint density at radius 1 is 0.921 bits per heavy atom. The Labute approximate surface area is 202 Å². The normalized spacial score (nSPS) is 17.8. The van der Waals surface area contributed by atoms with Crippen LogP contribution in [0.2, 0.25) is 0 Å². The number of halogens is 13. The molecule has 0 aromatic heterocycles. The fourth-order valence-electron chi connectivity index (χ4n) is 2.42. The molecular formula is C18H12F13NO6. The van der Waals surface area contributed by atoms with E-state index in [-0.39, 0.29) is 31.7 Å². The molecule has 1 aromatic rings. The molecule has 216 valence electrons. The van der Waals surface area contributed by atoms with E-state index >= 15 is 0 Å². The van der Waals surface area contributed by atoms with Crippen molar-refractivity contribution in [2.75, 3.05) is 20.3 Å². The predicted molar refractivity (Wildman–Crippen MR) is 93.2 cm³/mol. The number of ether oxygens (including phenoxy) is 5. The monoisotopic (exact) mass is 585 g/mol. The molecule has 1 aliphatic heterocycles. The number of nitrogens with zero attached hydrogens (tertiary/aromatic N) is 1. The van der Waals surface area contributed by atoms with Gasteiger partial charge in [0.25, 0.3) is 0 Å². The number of hydrogen-bond acceptors (Lipinski definition) is 7. The summed E-state index contributed by atoms with van der Waals surface area (Å²) < 4.78 is 192. The molecule has 0 spiro atoms. The topological polar surface area (TPSA) is 75.6 Å². The third-order valence-electron chi connectivity index (χ3n) is 4.27. The number of methoxy groups -OCH3 is 1. The van der Waals surface area contributed by atoms with Gasteiger partial charge in [0.2, 0.25) is 5.90 Å². The lowest BCUT2D eigenvalue weighted by molar-refractivity contribution is -0.529. The Hall–Kier alpha value is -3.03. The summed E-state index contributed by atoms with van der Waals surface area (Å²) in [5.41, 5.74) is 0.173. The highest BCUT2D eigenvalue weighted by Crippen LogP contribution is 2.53. The van der Waals surface area contributed by atoms with Crippen molar-refractivity contribution in [3.8, 4) is 5.75 Å². The first-order chi connectivity index (χ1) is 17.1. The van der Waals surface area contributed by atoms with Gasteiger partial charge in [-0.3, -0.25) is 9.47 Å². The van der Waals surface area contributed by atoms with Crippen LogP contribution in [0.5, 0.6) is 5.75 Å². The highest BCUT2D eigenvalue weighted by Gasteiger charge is 2.81. The highest BCUT2D eigenvalue weighted by atomic mass is 19.4. The molecule has 2 atom stereocenters. The molecule has 38 heavy (non-hydrogen) atoms. The quantitative estimate of drug-likeness (QED) is 0.270. The first-order valence-corrected chi connectivity index (χ1v) is 9.45. The minimum Gasteiger partial charge on any atom is -0.476 e. The summed E-state index contributed by atoms with van der Waals surface area (Å²) in [4.78, 5) is 14.6. The second-order valence-corrected chi connectivity index (χ2v) is 6.95. The lowest BCUT2D eigenvalue weighted by Gasteiger charge is -2.37. The van der Waals surface area contributed by atoms with E-state index in [1.807, 2.05) is 4.74 Å². The van der Waals surface area contributed by atoms with Gasteiger partial charge in [-0.1, -0.05) is 0 Å². The predicted octanol–water partition coefficient (Wildman–Crippen LogP) is 4.99. The molecule has 0 bridgehead atoms. The second-order valence-electron chi connectivity index (χ2n) is 6.95. The average molecular weight is 585 g/mol. The van der Waals surface area contributed by atoms with Gasteiger partial charge in [0, 0.05) is 5.56 Å². The van der Waals surface area contributed by atoms with Gasteiger partial charge in [0.05, 0.1) is 13.7 Å². The van der Waals surface area contributed by atoms with Crippen LogP contribution in [-0.2, 0) is 23.7 Å². The molecule has 1 heterocycles. The standard InChI is InChI=1S/C18H12F13NO6/c1-34-12(33)13(20,21)17(28,29)38-15(24,16(25,26)27)18(30,31)37-11(19)14(22,23)36-9-4-2-8(3-5-9)10-32-6-7-35-10/h2-5,11H,6-7H2,1H3. The Kier molecular flexibility index (Phi) is 8.43. The molecule has 2 rings (SSSR count). The van der Waals surface area contributed by atoms with Crippen LogP contribution < -0.4 is 4.74 Å². The number of esters is 1. The first kappa shape index (κ1) is 31.2. The summed E-state index contributed by atoms with van der Waals surface area (Å²) in [6.45, 7) is 0.440. The summed E-state index contributed by atoms with van der Waals surface area (Å²) in [5, 5.41) is 0. The van der Waals surface area contributed by atoms with Crippen molar-refractivity contribution >= 4 is 11.9 Å². The number of carbonyl (C=O) groups excluding carboxylic acids is 1. The molecular weight excluding hydrogens is 573 g/mol. The summed E-state index contributed by atoms with van der Waals surface area (Å²) >= 11 is 0. The number of carbonyl (C=O) groups is 1. The van der Waals surface area contributed by atoms with Gasteiger partial charge in [-0.05, 0) is 24.3 Å². The maximum absolute atomic E-state index is 14.2. The van der Waals surface area contributed by atoms with E-state index in [0.29, 0.717) is 12.1 Å². The Morgan fingerprint density at radius 3 is 1.92 bits per heavy atom. The van der Waals surface area contributed by atoms with Gasteiger partial charge in [-0.25, -0.2) is 14.2 Å². The van der Waals surface area contributed by atoms with Crippen LogP contribution in [0, 0.1) is 0 Å². The Morgan fingerprint density at radius 2 is 1.47 bits per heavy atom. The van der Waals surface area contributed by atoms with Crippen molar-refractivity contribution in [3.63, 3.8) is 0 Å². The largest absolute Gasteiger partial charge is 0.476 e. The van der Waals surface area contributed by atoms with Gasteiger partial charge in [-0.15, -0.1) is 0 Å². The van der Waals surface area contributed by atoms with E-state index in [1.165, 1.54) is 0 Å². The van der Waals surface area contributed by atoms with E-state index < -0.39 is 54.4 Å². The van der Waals surface area contributed by atoms with Crippen LogP contribution in [-0.4, -0.2) is 74.8 Å². The van der Waals surface area contributed by atoms with Crippen LogP contribution in [0.15, 0.2) is 29.3 Å². The van der Waals surface area contributed by atoms with Crippen molar-refractivity contribution in [1.29, 1.82) is 0 Å². The SMILES string of the molecule is COC(=O)C(F)(F)C(F)(F)OC(F)(C(F)(F)F)C(F)(F)OC(F)C(F)(F)Oc1ccc(C2=NCCO2)cc1. The van der Waals surface area contributed by atoms with E-state index in [1.54, 1.807) is 0 Å². The Bertz CT molecular complexity index is 1030. The minimum absolute atomic E-state index is 0.00347. The average Bonchev–Trinajstić information content (AvgIpc) is 3.32. The van der Waals surface area contributed by atoms with Gasteiger partial charge >= 0.3 is 48.6 Å². The third-order valence-corrected chi connectivity index (χ3v) is 4.27. The molecule has 0 N–H and O–H groups in total. The van der Waals surface area contributed by atoms with Gasteiger partial charge in [0.15, 0.2) is 0 Å². The van der Waals surface area contributed by atoms with Gasteiger partial charge in [0.1, 0.15) is 12.4 Å². The summed E-state index contributed by atoms with van der Waals surface area (Å²) in [5.74, 6) is -18.3. The molecule has 0 saturated heterocycles. The molecule has 2 unspecified atom stereocenters. The molecule has 0 fully saturated rings. The molecule has 0 aliphatic carbocycles. The van der Waals surface area contributed by atoms with Crippen molar-refractivity contribution in [2.24, 2.45) is 4.99 Å². The van der Waals surface area contributed by atoms with E-state index in [2.05, 4.69) is 19.2 Å². The molecule has 0 radical (unpaired) electrons. The van der Waals surface area contributed by atoms with Crippen LogP contribution >= 0.6 is 0 Å². The van der Waals surface area contributed by atoms with Crippen LogP contribution in [0.25, 0.3) is 0 Å². The lowest BCUT2D eigenvalue weighted by atomic mass is 10.2. The fourth-order valence-corrected chi connectivity index (χ4v) is 2.42. The van der Waals surface area contributed by atoms with Gasteiger partial charge < -0.3 is 14.2 Å². The zero-order valence-electron chi connectivity index (χ0n) is 18.1.